The third-order valence-electron chi connectivity index (χ3n) is 13.0. The van der Waals surface area contributed by atoms with Gasteiger partial charge in [0.1, 0.15) is 46.4 Å². The molecule has 4 heterocycles. The van der Waals surface area contributed by atoms with E-state index < -0.39 is 92.5 Å². The molecule has 3 N–H and O–H groups in total. The fourth-order valence-corrected chi connectivity index (χ4v) is 10.4. The Kier molecular flexibility index (Phi) is 11.3. The monoisotopic (exact) mass is 865 g/mol. The second kappa shape index (κ2) is 15.7. The molecule has 7 rings (SSSR count). The van der Waals surface area contributed by atoms with E-state index >= 15 is 4.79 Å². The number of carbonyl (C=O) groups is 4. The van der Waals surface area contributed by atoms with Crippen LogP contribution in [0.3, 0.4) is 0 Å². The van der Waals surface area contributed by atoms with Gasteiger partial charge in [-0.1, -0.05) is 44.2 Å². The number of carbonyl (C=O) groups excluding carboxylic acids is 3. The molecule has 3 aliphatic heterocycles. The predicted octanol–water partition coefficient (Wildman–Crippen LogP) is 5.43. The quantitative estimate of drug-likeness (QED) is 0.228. The number of allylic oxidation sites excluding steroid dienone is 1. The van der Waals surface area contributed by atoms with Gasteiger partial charge in [0.05, 0.1) is 18.8 Å². The number of alkyl halides is 4. The van der Waals surface area contributed by atoms with Crippen LogP contribution in [0.4, 0.5) is 22.4 Å². The number of nitrogens with zero attached hydrogens (tertiary/aromatic N) is 3. The Labute approximate surface area is 345 Å². The Balaban J connectivity index is 1.30. The minimum absolute atomic E-state index is 0.00695. The Morgan fingerprint density at radius 3 is 2.48 bits per heavy atom. The van der Waals surface area contributed by atoms with Gasteiger partial charge in [0.25, 0.3) is 5.91 Å². The first-order valence-corrected chi connectivity index (χ1v) is 21.9. The van der Waals surface area contributed by atoms with Crippen LogP contribution in [0.2, 0.25) is 0 Å². The fraction of sp³-hybridized carbons (Fsp3) is 0.634. The largest absolute Gasteiger partial charge is 0.491 e. The molecule has 3 fully saturated rings. The summed E-state index contributed by atoms with van der Waals surface area (Å²) in [7, 11) is -4.50. The Morgan fingerprint density at radius 2 is 1.83 bits per heavy atom. The molecule has 1 aromatic carbocycles. The van der Waals surface area contributed by atoms with Crippen molar-refractivity contribution in [1.82, 2.24) is 24.8 Å². The zero-order valence-corrected chi connectivity index (χ0v) is 34.7. The highest BCUT2D eigenvalue weighted by atomic mass is 32.2. The van der Waals surface area contributed by atoms with Gasteiger partial charge in [0.15, 0.2) is 0 Å². The first-order valence-electron chi connectivity index (χ1n) is 20.4. The smallest absolute Gasteiger partial charge is 0.411 e. The van der Waals surface area contributed by atoms with Crippen LogP contribution in [-0.4, -0.2) is 112 Å². The summed E-state index contributed by atoms with van der Waals surface area (Å²) in [5, 5.41) is 14.4. The van der Waals surface area contributed by atoms with Crippen molar-refractivity contribution in [2.24, 2.45) is 17.8 Å². The Hall–Kier alpha value is -4.68. The molecular weight excluding hydrogens is 815 g/mol. The second-order valence-corrected chi connectivity index (χ2v) is 19.7. The van der Waals surface area contributed by atoms with Gasteiger partial charge in [-0.05, 0) is 83.1 Å². The summed E-state index contributed by atoms with van der Waals surface area (Å²) in [6.07, 6.45) is -2.64. The Morgan fingerprint density at radius 1 is 1.13 bits per heavy atom. The van der Waals surface area contributed by atoms with Crippen LogP contribution in [0.5, 0.6) is 11.6 Å². The van der Waals surface area contributed by atoms with Crippen molar-refractivity contribution in [1.29, 1.82) is 0 Å². The number of ether oxygens (including phenoxy) is 2. The van der Waals surface area contributed by atoms with E-state index in [-0.39, 0.29) is 55.3 Å². The number of nitrogens with one attached hydrogen (secondary N) is 2. The Bertz CT molecular complexity index is 2200. The zero-order chi connectivity index (χ0) is 43.6. The molecule has 2 saturated carbocycles. The van der Waals surface area contributed by atoms with Crippen LogP contribution in [0.1, 0.15) is 84.8 Å². The predicted molar refractivity (Wildman–Crippen MR) is 209 cm³/mol. The number of fused-ring (bicyclic) bond motifs is 5. The number of sulfonamides is 1. The number of pyridine rings is 1. The van der Waals surface area contributed by atoms with Crippen molar-refractivity contribution in [2.75, 3.05) is 19.8 Å². The van der Waals surface area contributed by atoms with Crippen molar-refractivity contribution in [2.45, 2.75) is 126 Å². The molecule has 328 valence electrons. The van der Waals surface area contributed by atoms with Gasteiger partial charge in [-0.15, -0.1) is 0 Å². The second-order valence-electron chi connectivity index (χ2n) is 17.7. The van der Waals surface area contributed by atoms with Crippen molar-refractivity contribution in [3.63, 3.8) is 0 Å². The maximum Gasteiger partial charge on any atom is 0.411 e. The van der Waals surface area contributed by atoms with Crippen LogP contribution < -0.4 is 19.5 Å². The molecule has 2 aromatic rings. The molecule has 2 aliphatic carbocycles. The van der Waals surface area contributed by atoms with Crippen LogP contribution in [0, 0.1) is 17.8 Å². The first-order chi connectivity index (χ1) is 28.2. The molecule has 1 saturated heterocycles. The molecule has 60 heavy (non-hydrogen) atoms. The van der Waals surface area contributed by atoms with Crippen molar-refractivity contribution in [3.8, 4) is 11.6 Å². The summed E-state index contributed by atoms with van der Waals surface area (Å²) in [5.74, 6) is -4.22. The van der Waals surface area contributed by atoms with Gasteiger partial charge >= 0.3 is 12.3 Å². The molecular formula is C41H51F4N5O9S. The SMILES string of the molecule is C[C@H]1CCC=C[C@@H]2C[C@@]2(C(=O)NS(=O)(=O)C2(CF)CC2)NC(=O)[C@@H]2C[C@@H](Oc3nc4c(c5ccccc35)OCCC4)CN2C(=O)[C@@H](N(C(=O)O)C(C)(C)C(F)(F)F)[C@H](C)C1. The van der Waals surface area contributed by atoms with E-state index in [0.29, 0.717) is 68.4 Å². The first kappa shape index (κ1) is 43.4. The molecule has 7 atom stereocenters. The molecule has 14 nitrogen and oxygen atoms in total. The van der Waals surface area contributed by atoms with Gasteiger partial charge in [0.2, 0.25) is 27.7 Å². The lowest BCUT2D eigenvalue weighted by Crippen LogP contribution is -2.66. The van der Waals surface area contributed by atoms with E-state index in [4.69, 9.17) is 14.5 Å². The van der Waals surface area contributed by atoms with E-state index in [9.17, 15) is 45.5 Å². The van der Waals surface area contributed by atoms with Crippen LogP contribution >= 0.6 is 0 Å². The number of benzene rings is 1. The molecule has 1 aromatic heterocycles. The van der Waals surface area contributed by atoms with Gasteiger partial charge < -0.3 is 24.8 Å². The molecule has 19 heteroatoms. The minimum atomic E-state index is -5.11. The molecule has 5 aliphatic rings. The number of rotatable bonds is 8. The van der Waals surface area contributed by atoms with Gasteiger partial charge in [0, 0.05) is 23.1 Å². The average Bonchev–Trinajstić information content (AvgIpc) is 4.09. The maximum atomic E-state index is 15.1. The molecule has 0 radical (unpaired) electrons. The van der Waals surface area contributed by atoms with Crippen molar-refractivity contribution < 1.29 is 59.7 Å². The topological polar surface area (TPSA) is 185 Å². The van der Waals surface area contributed by atoms with Gasteiger partial charge in [-0.2, -0.15) is 13.2 Å². The number of hydrogen-bond acceptors (Lipinski definition) is 9. The molecule has 0 bridgehead atoms. The standard InChI is InChI=1S/C41H51F4N5O9S/c1-23-10-5-6-11-25-20-40(25,36(53)48-60(56,57)39(22-42)15-16-39)47-33(51)30-19-26(59-34-28-13-8-7-12-27(28)32-29(46-34)14-9-17-58-32)21-49(30)35(52)31(24(2)18-23)50(37(54)55)38(3,4)41(43,44)45/h6-8,11-13,23-26,30-31H,5,9-10,14-22H2,1-4H3,(H,47,51)(H,48,53)(H,54,55)/t23-,24+,25+,26+,30-,31-,40+/m0/s1. The highest BCUT2D eigenvalue weighted by Crippen LogP contribution is 2.48. The molecule has 4 amide bonds. The van der Waals surface area contributed by atoms with E-state index in [1.54, 1.807) is 24.3 Å². The fourth-order valence-electron chi connectivity index (χ4n) is 8.99. The van der Waals surface area contributed by atoms with Crippen LogP contribution in [-0.2, 0) is 30.8 Å². The third kappa shape index (κ3) is 7.74. The van der Waals surface area contributed by atoms with E-state index in [1.165, 1.54) is 6.92 Å². The number of hydrogen-bond donors (Lipinski definition) is 3. The third-order valence-corrected chi connectivity index (χ3v) is 15.1. The molecule has 0 spiro atoms. The van der Waals surface area contributed by atoms with E-state index in [0.717, 1.165) is 4.90 Å². The van der Waals surface area contributed by atoms with Crippen LogP contribution in [0.15, 0.2) is 36.4 Å². The van der Waals surface area contributed by atoms with Crippen molar-refractivity contribution >= 4 is 44.6 Å². The van der Waals surface area contributed by atoms with Crippen molar-refractivity contribution in [3.05, 3.63) is 42.1 Å². The number of aromatic nitrogens is 1. The summed E-state index contributed by atoms with van der Waals surface area (Å²) >= 11 is 0. The van der Waals surface area contributed by atoms with E-state index in [1.807, 2.05) is 23.8 Å². The van der Waals surface area contributed by atoms with Gasteiger partial charge in [-0.25, -0.2) is 22.6 Å². The highest BCUT2D eigenvalue weighted by Gasteiger charge is 2.64. The summed E-state index contributed by atoms with van der Waals surface area (Å²) in [6, 6.07) is 3.73. The number of halogens is 4. The zero-order valence-electron chi connectivity index (χ0n) is 33.9. The maximum absolute atomic E-state index is 15.1. The summed E-state index contributed by atoms with van der Waals surface area (Å²) in [4.78, 5) is 62.5. The average molecular weight is 866 g/mol. The lowest BCUT2D eigenvalue weighted by atomic mass is 9.85. The summed E-state index contributed by atoms with van der Waals surface area (Å²) < 4.78 is 97.2. The summed E-state index contributed by atoms with van der Waals surface area (Å²) in [6.45, 7) is 3.60. The minimum Gasteiger partial charge on any atom is -0.491 e. The number of amides is 4. The highest BCUT2D eigenvalue weighted by molar-refractivity contribution is 7.91. The van der Waals surface area contributed by atoms with Crippen LogP contribution in [0.25, 0.3) is 10.8 Å². The summed E-state index contributed by atoms with van der Waals surface area (Å²) in [5.41, 5.74) is -4.26. The number of carboxylic acid groups (broad SMARTS) is 1. The lowest BCUT2D eigenvalue weighted by molar-refractivity contribution is -0.222. The van der Waals surface area contributed by atoms with Gasteiger partial charge in [-0.3, -0.25) is 24.0 Å². The normalized spacial score (nSPS) is 29.4. The lowest BCUT2D eigenvalue weighted by Gasteiger charge is -2.45. The molecule has 0 unspecified atom stereocenters. The van der Waals surface area contributed by atoms with E-state index in [2.05, 4.69) is 5.32 Å². The number of aryl methyl sites for hydroxylation is 1.